The number of ether oxygens (including phenoxy) is 2. The molecule has 2 saturated heterocycles. The van der Waals surface area contributed by atoms with E-state index in [2.05, 4.69) is 29.6 Å². The summed E-state index contributed by atoms with van der Waals surface area (Å²) in [4.78, 5) is 39.7. The van der Waals surface area contributed by atoms with Gasteiger partial charge in [0, 0.05) is 12.5 Å². The van der Waals surface area contributed by atoms with E-state index in [1.165, 1.54) is 4.90 Å². The third-order valence-electron chi connectivity index (χ3n) is 7.93. The van der Waals surface area contributed by atoms with Crippen molar-refractivity contribution in [2.75, 3.05) is 26.4 Å². The first-order valence-corrected chi connectivity index (χ1v) is 12.0. The normalized spacial score (nSPS) is 27.4. The predicted molar refractivity (Wildman–Crippen MR) is 128 cm³/mol. The van der Waals surface area contributed by atoms with Gasteiger partial charge in [0.1, 0.15) is 12.1 Å². The van der Waals surface area contributed by atoms with Crippen LogP contribution in [0.4, 0.5) is 4.79 Å². The maximum atomic E-state index is 13.5. The van der Waals surface area contributed by atoms with Crippen LogP contribution >= 0.6 is 0 Å². The number of fused-ring (bicyclic) bond motifs is 3. The highest BCUT2D eigenvalue weighted by Gasteiger charge is 2.55. The van der Waals surface area contributed by atoms with Gasteiger partial charge in [-0.1, -0.05) is 48.5 Å². The third kappa shape index (κ3) is 3.76. The fraction of sp³-hybridized carbons (Fsp3) is 0.444. The molecule has 5 rings (SSSR count). The number of nitrogens with zero attached hydrogens (tertiary/aromatic N) is 1. The van der Waals surface area contributed by atoms with Crippen LogP contribution in [-0.4, -0.2) is 65.9 Å². The van der Waals surface area contributed by atoms with Crippen molar-refractivity contribution in [3.05, 3.63) is 59.7 Å². The van der Waals surface area contributed by atoms with Gasteiger partial charge < -0.3 is 24.8 Å². The average molecular weight is 479 g/mol. The molecule has 3 atom stereocenters. The Morgan fingerprint density at radius 2 is 1.71 bits per heavy atom. The molecule has 2 heterocycles. The van der Waals surface area contributed by atoms with Crippen LogP contribution in [0.3, 0.4) is 0 Å². The summed E-state index contributed by atoms with van der Waals surface area (Å²) in [6.07, 6.45) is 0.398. The van der Waals surface area contributed by atoms with Crippen molar-refractivity contribution in [1.29, 1.82) is 0 Å². The quantitative estimate of drug-likeness (QED) is 0.683. The number of carboxylic acid groups (broad SMARTS) is 1. The highest BCUT2D eigenvalue weighted by molar-refractivity contribution is 5.91. The molecule has 0 spiro atoms. The summed E-state index contributed by atoms with van der Waals surface area (Å²) < 4.78 is 11.2. The van der Waals surface area contributed by atoms with Gasteiger partial charge in [-0.25, -0.2) is 9.59 Å². The molecule has 0 saturated carbocycles. The lowest BCUT2D eigenvalue weighted by molar-refractivity contribution is -0.160. The predicted octanol–water partition coefficient (Wildman–Crippen LogP) is 3.40. The first-order valence-electron chi connectivity index (χ1n) is 12.0. The van der Waals surface area contributed by atoms with Crippen molar-refractivity contribution < 1.29 is 29.0 Å². The number of likely N-dealkylation sites (tertiary alicyclic amines) is 1. The van der Waals surface area contributed by atoms with E-state index in [-0.39, 0.29) is 31.6 Å². The second kappa shape index (κ2) is 8.68. The zero-order valence-electron chi connectivity index (χ0n) is 20.0. The fourth-order valence-corrected chi connectivity index (χ4v) is 5.69. The van der Waals surface area contributed by atoms with Gasteiger partial charge in [-0.2, -0.15) is 0 Å². The molecular weight excluding hydrogens is 448 g/mol. The van der Waals surface area contributed by atoms with Crippen LogP contribution in [0, 0.1) is 5.41 Å². The Hall–Kier alpha value is -3.39. The SMILES string of the molecule is CC1(C(=O)N2CCCC2(C)C(=O)O)COCC1NC(=O)OCC1c2ccccc2-c2ccccc21. The van der Waals surface area contributed by atoms with Gasteiger partial charge in [0.25, 0.3) is 0 Å². The van der Waals surface area contributed by atoms with E-state index in [4.69, 9.17) is 9.47 Å². The minimum absolute atomic E-state index is 0.0677. The van der Waals surface area contributed by atoms with Crippen molar-refractivity contribution in [2.45, 2.75) is 44.2 Å². The minimum atomic E-state index is -1.25. The lowest BCUT2D eigenvalue weighted by Gasteiger charge is -2.38. The number of rotatable bonds is 5. The van der Waals surface area contributed by atoms with Crippen molar-refractivity contribution >= 4 is 18.0 Å². The highest BCUT2D eigenvalue weighted by Crippen LogP contribution is 2.44. The van der Waals surface area contributed by atoms with E-state index in [1.54, 1.807) is 13.8 Å². The number of aliphatic carboxylic acids is 1. The molecule has 8 heteroatoms. The van der Waals surface area contributed by atoms with Gasteiger partial charge in [0.05, 0.1) is 24.7 Å². The number of carbonyl (C=O) groups is 3. The number of alkyl carbamates (subject to hydrolysis) is 1. The van der Waals surface area contributed by atoms with Gasteiger partial charge in [0.2, 0.25) is 5.91 Å². The zero-order valence-corrected chi connectivity index (χ0v) is 20.0. The molecule has 35 heavy (non-hydrogen) atoms. The molecule has 2 aromatic carbocycles. The second-order valence-corrected chi connectivity index (χ2v) is 10.1. The highest BCUT2D eigenvalue weighted by atomic mass is 16.5. The number of hydrogen-bond acceptors (Lipinski definition) is 5. The molecule has 2 aromatic rings. The molecule has 0 aromatic heterocycles. The summed E-state index contributed by atoms with van der Waals surface area (Å²) in [6, 6.07) is 15.6. The van der Waals surface area contributed by atoms with Gasteiger partial charge >= 0.3 is 12.1 Å². The molecule has 0 bridgehead atoms. The Morgan fingerprint density at radius 1 is 1.09 bits per heavy atom. The van der Waals surface area contributed by atoms with Crippen LogP contribution in [0.2, 0.25) is 0 Å². The first kappa shape index (κ1) is 23.4. The second-order valence-electron chi connectivity index (χ2n) is 10.1. The Kier molecular flexibility index (Phi) is 5.79. The first-order chi connectivity index (χ1) is 16.8. The van der Waals surface area contributed by atoms with E-state index < -0.39 is 29.1 Å². The van der Waals surface area contributed by atoms with Crippen molar-refractivity contribution in [3.8, 4) is 11.1 Å². The van der Waals surface area contributed by atoms with Crippen LogP contribution in [0.5, 0.6) is 0 Å². The Morgan fingerprint density at radius 3 is 2.34 bits per heavy atom. The lowest BCUT2D eigenvalue weighted by atomic mass is 9.82. The van der Waals surface area contributed by atoms with Gasteiger partial charge in [-0.3, -0.25) is 4.79 Å². The molecule has 3 aliphatic rings. The maximum Gasteiger partial charge on any atom is 0.407 e. The van der Waals surface area contributed by atoms with E-state index in [1.807, 2.05) is 24.3 Å². The Bertz CT molecular complexity index is 1140. The summed E-state index contributed by atoms with van der Waals surface area (Å²) in [5, 5.41) is 12.5. The molecular formula is C27H30N2O6. The molecule has 1 aliphatic carbocycles. The van der Waals surface area contributed by atoms with Crippen LogP contribution in [0.15, 0.2) is 48.5 Å². The number of benzene rings is 2. The zero-order chi connectivity index (χ0) is 24.8. The molecule has 3 unspecified atom stereocenters. The lowest BCUT2D eigenvalue weighted by Crippen LogP contribution is -2.60. The summed E-state index contributed by atoms with van der Waals surface area (Å²) in [5.74, 6) is -1.41. The number of amides is 2. The molecule has 2 aliphatic heterocycles. The topological polar surface area (TPSA) is 105 Å². The van der Waals surface area contributed by atoms with Crippen LogP contribution in [0.25, 0.3) is 11.1 Å². The molecule has 2 amide bonds. The number of hydrogen-bond donors (Lipinski definition) is 2. The van der Waals surface area contributed by atoms with Gasteiger partial charge in [0.15, 0.2) is 0 Å². The van der Waals surface area contributed by atoms with Crippen molar-refractivity contribution in [3.63, 3.8) is 0 Å². The van der Waals surface area contributed by atoms with Crippen molar-refractivity contribution in [2.24, 2.45) is 5.41 Å². The summed E-state index contributed by atoms with van der Waals surface area (Å²) >= 11 is 0. The van der Waals surface area contributed by atoms with Crippen LogP contribution in [-0.2, 0) is 19.1 Å². The largest absolute Gasteiger partial charge is 0.480 e. The van der Waals surface area contributed by atoms with E-state index in [0.29, 0.717) is 19.4 Å². The molecule has 8 nitrogen and oxygen atoms in total. The third-order valence-corrected chi connectivity index (χ3v) is 7.93. The standard InChI is InChI=1S/C27H30N2O6/c1-26(23(30)29-13-7-12-27(29,2)24(31)32)16-34-15-22(26)28-25(33)35-14-21-19-10-5-3-8-17(19)18-9-4-6-11-20(18)21/h3-6,8-11,21-22H,7,12-16H2,1-2H3,(H,28,33)(H,31,32). The van der Waals surface area contributed by atoms with E-state index in [0.717, 1.165) is 22.3 Å². The number of carboxylic acids is 1. The summed E-state index contributed by atoms with van der Waals surface area (Å²) in [6.45, 7) is 4.09. The molecule has 2 fully saturated rings. The van der Waals surface area contributed by atoms with Crippen LogP contribution < -0.4 is 5.32 Å². The van der Waals surface area contributed by atoms with Crippen LogP contribution in [0.1, 0.15) is 43.7 Å². The Labute approximate surface area is 204 Å². The maximum absolute atomic E-state index is 13.5. The average Bonchev–Trinajstić information content (AvgIpc) is 3.52. The van der Waals surface area contributed by atoms with E-state index in [9.17, 15) is 19.5 Å². The monoisotopic (exact) mass is 478 g/mol. The smallest absolute Gasteiger partial charge is 0.407 e. The van der Waals surface area contributed by atoms with Gasteiger partial charge in [-0.15, -0.1) is 0 Å². The molecule has 0 radical (unpaired) electrons. The van der Waals surface area contributed by atoms with Crippen molar-refractivity contribution in [1.82, 2.24) is 10.2 Å². The molecule has 2 N–H and O–H groups in total. The number of carbonyl (C=O) groups excluding carboxylic acids is 2. The summed E-state index contributed by atoms with van der Waals surface area (Å²) in [7, 11) is 0. The molecule has 184 valence electrons. The summed E-state index contributed by atoms with van der Waals surface area (Å²) in [5.41, 5.74) is 2.20. The Balaban J connectivity index is 1.27. The van der Waals surface area contributed by atoms with Gasteiger partial charge in [-0.05, 0) is 48.9 Å². The minimum Gasteiger partial charge on any atom is -0.480 e. The van der Waals surface area contributed by atoms with E-state index >= 15 is 0 Å². The fourth-order valence-electron chi connectivity index (χ4n) is 5.69. The number of nitrogens with one attached hydrogen (secondary N) is 1.